The summed E-state index contributed by atoms with van der Waals surface area (Å²) in [6.07, 6.45) is 9.57. The van der Waals surface area contributed by atoms with Crippen LogP contribution in [-0.2, 0) is 27.3 Å². The van der Waals surface area contributed by atoms with Crippen LogP contribution in [-0.4, -0.2) is 115 Å². The lowest BCUT2D eigenvalue weighted by molar-refractivity contribution is -0.144. The molecular formula is C45H62N6O3S. The van der Waals surface area contributed by atoms with E-state index in [0.717, 1.165) is 57.3 Å². The number of nitrogens with zero attached hydrogens (tertiary/aromatic N) is 5. The molecule has 55 heavy (non-hydrogen) atoms. The van der Waals surface area contributed by atoms with Crippen LogP contribution in [0.4, 0.5) is 0 Å². The van der Waals surface area contributed by atoms with Gasteiger partial charge in [0.05, 0.1) is 12.1 Å². The number of rotatable bonds is 15. The molecule has 0 bridgehead atoms. The van der Waals surface area contributed by atoms with Crippen LogP contribution in [0.2, 0.25) is 0 Å². The van der Waals surface area contributed by atoms with Gasteiger partial charge in [-0.05, 0) is 113 Å². The Bertz CT molecular complexity index is 1690. The predicted molar refractivity (Wildman–Crippen MR) is 222 cm³/mol. The van der Waals surface area contributed by atoms with Crippen molar-refractivity contribution >= 4 is 29.0 Å². The molecule has 1 aliphatic carbocycles. The maximum absolute atomic E-state index is 14.8. The Hall–Kier alpha value is -3.57. The van der Waals surface area contributed by atoms with E-state index in [2.05, 4.69) is 94.9 Å². The van der Waals surface area contributed by atoms with E-state index < -0.39 is 6.04 Å². The monoisotopic (exact) mass is 766 g/mol. The van der Waals surface area contributed by atoms with E-state index >= 15 is 0 Å². The molecule has 10 heteroatoms. The predicted octanol–water partition coefficient (Wildman–Crippen LogP) is 6.80. The molecule has 4 aliphatic rings. The topological polar surface area (TPSA) is 80.7 Å². The van der Waals surface area contributed by atoms with Crippen molar-refractivity contribution in [2.24, 2.45) is 10.4 Å². The van der Waals surface area contributed by atoms with Gasteiger partial charge in [-0.25, -0.2) is 4.99 Å². The maximum Gasteiger partial charge on any atom is 0.288 e. The Kier molecular flexibility index (Phi) is 13.4. The molecule has 1 aromatic heterocycles. The highest BCUT2D eigenvalue weighted by molar-refractivity contribution is 7.09. The third-order valence-electron chi connectivity index (χ3n) is 12.5. The summed E-state index contributed by atoms with van der Waals surface area (Å²) in [6, 6.07) is 25.2. The van der Waals surface area contributed by atoms with Crippen molar-refractivity contribution in [1.29, 1.82) is 0 Å². The number of unbranched alkanes of at least 4 members (excludes halogenated alkanes) is 1. The fourth-order valence-corrected chi connectivity index (χ4v) is 10.1. The van der Waals surface area contributed by atoms with Crippen LogP contribution in [0.25, 0.3) is 0 Å². The number of nitrogens with one attached hydrogen (secondary N) is 1. The normalized spacial score (nSPS) is 26.4. The number of benzene rings is 2. The van der Waals surface area contributed by atoms with Crippen LogP contribution in [0.15, 0.2) is 83.2 Å². The smallest absolute Gasteiger partial charge is 0.288 e. The number of aliphatic imine (C=N–C) groups is 1. The van der Waals surface area contributed by atoms with Gasteiger partial charge in [0.2, 0.25) is 5.91 Å². The molecule has 1 amide bonds. The minimum atomic E-state index is -0.548. The summed E-state index contributed by atoms with van der Waals surface area (Å²) in [5, 5.41) is 5.98. The van der Waals surface area contributed by atoms with Gasteiger partial charge < -0.3 is 24.8 Å². The van der Waals surface area contributed by atoms with Crippen molar-refractivity contribution in [3.63, 3.8) is 0 Å². The minimum Gasteiger partial charge on any atom is -0.455 e. The van der Waals surface area contributed by atoms with Gasteiger partial charge in [0.15, 0.2) is 5.78 Å². The molecule has 2 saturated heterocycles. The second kappa shape index (κ2) is 18.6. The van der Waals surface area contributed by atoms with E-state index in [1.165, 1.54) is 36.2 Å². The summed E-state index contributed by atoms with van der Waals surface area (Å²) in [4.78, 5) is 44.1. The second-order valence-corrected chi connectivity index (χ2v) is 17.9. The van der Waals surface area contributed by atoms with E-state index in [1.807, 2.05) is 29.2 Å². The summed E-state index contributed by atoms with van der Waals surface area (Å²) in [7, 11) is 4.21. The molecule has 0 unspecified atom stereocenters. The van der Waals surface area contributed by atoms with Gasteiger partial charge in [0.25, 0.3) is 6.02 Å². The molecule has 1 spiro atoms. The highest BCUT2D eigenvalue weighted by Gasteiger charge is 2.44. The molecule has 296 valence electrons. The van der Waals surface area contributed by atoms with Crippen molar-refractivity contribution in [2.75, 3.05) is 53.4 Å². The number of ether oxygens (including phenoxy) is 1. The first kappa shape index (κ1) is 39.7. The Morgan fingerprint density at radius 1 is 0.964 bits per heavy atom. The van der Waals surface area contributed by atoms with Crippen LogP contribution in [0, 0.1) is 5.41 Å². The first-order valence-corrected chi connectivity index (χ1v) is 21.7. The Morgan fingerprint density at radius 3 is 2.45 bits per heavy atom. The van der Waals surface area contributed by atoms with Crippen LogP contribution < -0.4 is 5.32 Å². The molecule has 4 heterocycles. The Labute approximate surface area is 333 Å². The number of carbonyl (C=O) groups excluding carboxylic acids is 2. The van der Waals surface area contributed by atoms with Gasteiger partial charge in [-0.2, -0.15) is 0 Å². The number of likely N-dealkylation sites (tertiary alicyclic amines) is 1. The lowest BCUT2D eigenvalue weighted by Crippen LogP contribution is -2.63. The first-order valence-electron chi connectivity index (χ1n) is 20.8. The molecule has 4 atom stereocenters. The standard InChI is InChI=1S/C45H62N6O3S/c1-34-42(36-15-8-5-9-16-36)54-44(46-34)50-28-29-51(40(32-50)41(52)20-19-38-17-12-30-55-38)43(53)39(18-10-11-26-48(2)3)47-37-21-23-45(24-22-37)25-27-49(33-45)31-35-13-6-4-7-14-35/h4-9,12-17,30,34,37,39-40,42,47H,10-11,18-29,31-33H2,1-3H3/t34-,37?,39-,40-,42+,45?/m0/s1. The number of hydrogen-bond donors (Lipinski definition) is 1. The third-order valence-corrected chi connectivity index (χ3v) is 13.4. The van der Waals surface area contributed by atoms with Crippen molar-refractivity contribution in [1.82, 2.24) is 24.9 Å². The third kappa shape index (κ3) is 10.2. The van der Waals surface area contributed by atoms with Crippen LogP contribution in [0.3, 0.4) is 0 Å². The lowest BCUT2D eigenvalue weighted by atomic mass is 9.72. The lowest BCUT2D eigenvalue weighted by Gasteiger charge is -2.43. The molecule has 1 saturated carbocycles. The van der Waals surface area contributed by atoms with Gasteiger partial charge in [0, 0.05) is 50.1 Å². The number of aryl methyl sites for hydroxylation is 1. The number of hydrogen-bond acceptors (Lipinski definition) is 9. The highest BCUT2D eigenvalue weighted by atomic mass is 32.1. The van der Waals surface area contributed by atoms with Crippen molar-refractivity contribution in [3.8, 4) is 0 Å². The fraction of sp³-hybridized carbons (Fsp3) is 0.578. The Balaban J connectivity index is 1.02. The molecule has 1 N–H and O–H groups in total. The zero-order chi connectivity index (χ0) is 38.2. The van der Waals surface area contributed by atoms with Crippen LogP contribution >= 0.6 is 11.3 Å². The molecule has 7 rings (SSSR count). The number of carbonyl (C=O) groups is 2. The highest BCUT2D eigenvalue weighted by Crippen LogP contribution is 2.44. The van der Waals surface area contributed by atoms with Crippen LogP contribution in [0.1, 0.15) is 86.8 Å². The number of thiophene rings is 1. The number of ketones is 1. The van der Waals surface area contributed by atoms with Crippen molar-refractivity contribution < 1.29 is 14.3 Å². The summed E-state index contributed by atoms with van der Waals surface area (Å²) in [5.74, 6) is 0.198. The summed E-state index contributed by atoms with van der Waals surface area (Å²) in [5.41, 5.74) is 2.88. The van der Waals surface area contributed by atoms with Gasteiger partial charge in [-0.3, -0.25) is 14.5 Å². The molecule has 9 nitrogen and oxygen atoms in total. The minimum absolute atomic E-state index is 0.0356. The van der Waals surface area contributed by atoms with E-state index in [-0.39, 0.29) is 29.9 Å². The molecule has 3 fully saturated rings. The van der Waals surface area contributed by atoms with E-state index in [0.29, 0.717) is 50.0 Å². The van der Waals surface area contributed by atoms with Gasteiger partial charge >= 0.3 is 0 Å². The van der Waals surface area contributed by atoms with E-state index in [4.69, 9.17) is 9.73 Å². The average Bonchev–Trinajstić information content (AvgIpc) is 3.97. The molecule has 3 aromatic rings. The maximum atomic E-state index is 14.8. The average molecular weight is 767 g/mol. The van der Waals surface area contributed by atoms with Gasteiger partial charge in [0.1, 0.15) is 12.1 Å². The first-order chi connectivity index (χ1) is 26.7. The van der Waals surface area contributed by atoms with E-state index in [9.17, 15) is 9.59 Å². The SMILES string of the molecule is C[C@@H]1N=C(N2CCN(C(=O)[C@H](CCCCN(C)C)NC3CCC4(CC3)CCN(Cc3ccccc3)C4)[C@H](C(=O)CCc3cccs3)C2)O[C@H]1c1ccccc1. The van der Waals surface area contributed by atoms with Crippen molar-refractivity contribution in [2.45, 2.75) is 108 Å². The molecule has 0 radical (unpaired) electrons. The number of amides is 1. The zero-order valence-electron chi connectivity index (χ0n) is 33.3. The summed E-state index contributed by atoms with van der Waals surface area (Å²) in [6.45, 7) is 7.91. The van der Waals surface area contributed by atoms with Gasteiger partial charge in [-0.15, -0.1) is 11.3 Å². The zero-order valence-corrected chi connectivity index (χ0v) is 34.1. The molecular weight excluding hydrogens is 705 g/mol. The van der Waals surface area contributed by atoms with Crippen molar-refractivity contribution in [3.05, 3.63) is 94.2 Å². The number of Topliss-reactive ketones (excluding diaryl/α,β-unsaturated/α-hetero) is 1. The summed E-state index contributed by atoms with van der Waals surface area (Å²) >= 11 is 1.68. The number of piperazine rings is 1. The fourth-order valence-electron chi connectivity index (χ4n) is 9.34. The van der Waals surface area contributed by atoms with Gasteiger partial charge in [-0.1, -0.05) is 73.2 Å². The largest absolute Gasteiger partial charge is 0.455 e. The van der Waals surface area contributed by atoms with Crippen LogP contribution in [0.5, 0.6) is 0 Å². The van der Waals surface area contributed by atoms with E-state index in [1.54, 1.807) is 11.3 Å². The molecule has 2 aromatic carbocycles. The summed E-state index contributed by atoms with van der Waals surface area (Å²) < 4.78 is 6.49. The molecule has 3 aliphatic heterocycles. The Morgan fingerprint density at radius 2 is 1.73 bits per heavy atom. The number of amidine groups is 1. The quantitative estimate of drug-likeness (QED) is 0.171. The second-order valence-electron chi connectivity index (χ2n) is 16.9.